The molecule has 0 bridgehead atoms. The molecule has 1 aromatic carbocycles. The Morgan fingerprint density at radius 3 is 2.19 bits per heavy atom. The van der Waals surface area contributed by atoms with Gasteiger partial charge in [0.15, 0.2) is 0 Å². The van der Waals surface area contributed by atoms with Gasteiger partial charge in [-0.3, -0.25) is 14.4 Å². The number of anilines is 1. The number of carbonyl (C=O) groups excluding carboxylic acids is 2. The molecule has 2 heterocycles. The molecule has 9 nitrogen and oxygen atoms in total. The Hall–Kier alpha value is -2.98. The van der Waals surface area contributed by atoms with E-state index in [4.69, 9.17) is 0 Å². The number of benzene rings is 1. The van der Waals surface area contributed by atoms with Gasteiger partial charge in [0, 0.05) is 46.0 Å². The van der Waals surface area contributed by atoms with E-state index in [-0.39, 0.29) is 22.1 Å². The van der Waals surface area contributed by atoms with E-state index in [0.717, 1.165) is 23.6 Å². The molecule has 1 saturated heterocycles. The molecule has 166 valence electrons. The van der Waals surface area contributed by atoms with Crippen molar-refractivity contribution in [1.29, 1.82) is 0 Å². The third kappa shape index (κ3) is 4.86. The van der Waals surface area contributed by atoms with E-state index in [0.29, 0.717) is 18.7 Å². The summed E-state index contributed by atoms with van der Waals surface area (Å²) in [6.07, 6.45) is 4.45. The number of amides is 2. The van der Waals surface area contributed by atoms with Gasteiger partial charge >= 0.3 is 0 Å². The summed E-state index contributed by atoms with van der Waals surface area (Å²) in [5.41, 5.74) is 0.0509. The Balaban J connectivity index is 1.83. The van der Waals surface area contributed by atoms with Crippen LogP contribution in [0, 0.1) is 0 Å². The quantitative estimate of drug-likeness (QED) is 0.749. The van der Waals surface area contributed by atoms with Crippen LogP contribution in [0.2, 0.25) is 0 Å². The molecule has 0 radical (unpaired) electrons. The Bertz CT molecular complexity index is 1150. The molecule has 0 spiro atoms. The van der Waals surface area contributed by atoms with E-state index in [9.17, 15) is 22.8 Å². The van der Waals surface area contributed by atoms with Gasteiger partial charge in [-0.25, -0.2) is 12.7 Å². The highest BCUT2D eigenvalue weighted by Gasteiger charge is 2.21. The largest absolute Gasteiger partial charge is 0.339 e. The van der Waals surface area contributed by atoms with Gasteiger partial charge in [-0.1, -0.05) is 0 Å². The molecule has 2 amide bonds. The van der Waals surface area contributed by atoms with Crippen LogP contribution in [0.4, 0.5) is 5.69 Å². The minimum absolute atomic E-state index is 0.0136. The Morgan fingerprint density at radius 2 is 1.61 bits per heavy atom. The first-order chi connectivity index (χ1) is 14.6. The fraction of sp³-hybridized carbons (Fsp3) is 0.381. The summed E-state index contributed by atoms with van der Waals surface area (Å²) in [5.74, 6) is -0.752. The fourth-order valence-electron chi connectivity index (χ4n) is 3.38. The van der Waals surface area contributed by atoms with Crippen molar-refractivity contribution < 1.29 is 18.0 Å². The fourth-order valence-corrected chi connectivity index (χ4v) is 4.28. The van der Waals surface area contributed by atoms with Crippen molar-refractivity contribution in [2.45, 2.75) is 24.2 Å². The SMILES string of the molecule is CN(C)S(=O)(=O)c1ccc(C(=O)Nc2cc(C(=O)N3CCCCC3)cn(C)c2=O)cc1. The van der Waals surface area contributed by atoms with Gasteiger partial charge < -0.3 is 14.8 Å². The van der Waals surface area contributed by atoms with E-state index < -0.39 is 21.5 Å². The molecule has 1 N–H and O–H groups in total. The van der Waals surface area contributed by atoms with Gasteiger partial charge in [0.2, 0.25) is 10.0 Å². The first-order valence-electron chi connectivity index (χ1n) is 9.95. The zero-order valence-electron chi connectivity index (χ0n) is 17.8. The molecule has 3 rings (SSSR count). The number of nitrogens with one attached hydrogen (secondary N) is 1. The van der Waals surface area contributed by atoms with Crippen molar-refractivity contribution in [3.63, 3.8) is 0 Å². The molecule has 10 heteroatoms. The average molecular weight is 447 g/mol. The predicted molar refractivity (Wildman–Crippen MR) is 117 cm³/mol. The number of hydrogen-bond acceptors (Lipinski definition) is 5. The van der Waals surface area contributed by atoms with Crippen molar-refractivity contribution in [2.24, 2.45) is 7.05 Å². The van der Waals surface area contributed by atoms with Crippen LogP contribution in [0.25, 0.3) is 0 Å². The molecule has 0 saturated carbocycles. The maximum atomic E-state index is 12.8. The lowest BCUT2D eigenvalue weighted by Crippen LogP contribution is -2.36. The van der Waals surface area contributed by atoms with Crippen molar-refractivity contribution in [3.05, 3.63) is 58.0 Å². The molecule has 0 aliphatic carbocycles. The number of likely N-dealkylation sites (tertiary alicyclic amines) is 1. The van der Waals surface area contributed by atoms with Gasteiger partial charge in [0.05, 0.1) is 10.5 Å². The molecule has 1 aliphatic rings. The summed E-state index contributed by atoms with van der Waals surface area (Å²) < 4.78 is 26.7. The van der Waals surface area contributed by atoms with Crippen LogP contribution < -0.4 is 10.9 Å². The molecule has 0 unspecified atom stereocenters. The Kier molecular flexibility index (Phi) is 6.61. The zero-order chi connectivity index (χ0) is 22.8. The van der Waals surface area contributed by atoms with Gasteiger partial charge in [0.25, 0.3) is 17.4 Å². The summed E-state index contributed by atoms with van der Waals surface area (Å²) in [6.45, 7) is 1.34. The highest BCUT2D eigenvalue weighted by molar-refractivity contribution is 7.89. The second-order valence-electron chi connectivity index (χ2n) is 7.68. The minimum atomic E-state index is -3.61. The molecule has 0 atom stereocenters. The van der Waals surface area contributed by atoms with E-state index in [1.807, 2.05) is 0 Å². The number of pyridine rings is 1. The second kappa shape index (κ2) is 9.03. The van der Waals surface area contributed by atoms with E-state index >= 15 is 0 Å². The molecule has 1 fully saturated rings. The monoisotopic (exact) mass is 446 g/mol. The van der Waals surface area contributed by atoms with Gasteiger partial charge in [-0.05, 0) is 49.6 Å². The maximum absolute atomic E-state index is 12.8. The number of aromatic nitrogens is 1. The lowest BCUT2D eigenvalue weighted by Gasteiger charge is -2.27. The molecule has 2 aromatic rings. The van der Waals surface area contributed by atoms with E-state index in [1.54, 1.807) is 4.90 Å². The standard InChI is InChI=1S/C21H26N4O5S/c1-23(2)31(29,30)17-9-7-15(8-10-17)19(26)22-18-13-16(14-24(3)21(18)28)20(27)25-11-5-4-6-12-25/h7-10,13-14H,4-6,11-12H2,1-3H3,(H,22,26). The number of sulfonamides is 1. The van der Waals surface area contributed by atoms with Crippen LogP contribution in [-0.2, 0) is 17.1 Å². The minimum Gasteiger partial charge on any atom is -0.339 e. The van der Waals surface area contributed by atoms with Crippen LogP contribution in [0.1, 0.15) is 40.0 Å². The molecule has 1 aliphatic heterocycles. The third-order valence-electron chi connectivity index (χ3n) is 5.22. The number of carbonyl (C=O) groups is 2. The van der Waals surface area contributed by atoms with Gasteiger partial charge in [-0.15, -0.1) is 0 Å². The number of piperidine rings is 1. The summed E-state index contributed by atoms with van der Waals surface area (Å²) in [6, 6.07) is 6.80. The third-order valence-corrected chi connectivity index (χ3v) is 7.05. The number of aryl methyl sites for hydroxylation is 1. The molecular formula is C21H26N4O5S. The maximum Gasteiger partial charge on any atom is 0.274 e. The summed E-state index contributed by atoms with van der Waals surface area (Å²) in [5, 5.41) is 2.54. The predicted octanol–water partition coefficient (Wildman–Crippen LogP) is 1.51. The first kappa shape index (κ1) is 22.7. The number of rotatable bonds is 5. The average Bonchev–Trinajstić information content (AvgIpc) is 2.76. The number of nitrogens with zero attached hydrogens (tertiary/aromatic N) is 3. The highest BCUT2D eigenvalue weighted by Crippen LogP contribution is 2.17. The zero-order valence-corrected chi connectivity index (χ0v) is 18.6. The number of hydrogen-bond donors (Lipinski definition) is 1. The van der Waals surface area contributed by atoms with Crippen LogP contribution in [-0.4, -0.2) is 61.2 Å². The topological polar surface area (TPSA) is 109 Å². The van der Waals surface area contributed by atoms with Crippen molar-refractivity contribution in [2.75, 3.05) is 32.5 Å². The lowest BCUT2D eigenvalue weighted by molar-refractivity contribution is 0.0723. The summed E-state index contributed by atoms with van der Waals surface area (Å²) in [7, 11) is 0.750. The first-order valence-corrected chi connectivity index (χ1v) is 11.4. The molecule has 1 aromatic heterocycles. The smallest absolute Gasteiger partial charge is 0.274 e. The van der Waals surface area contributed by atoms with Crippen LogP contribution in [0.5, 0.6) is 0 Å². The Morgan fingerprint density at radius 1 is 1.00 bits per heavy atom. The van der Waals surface area contributed by atoms with Gasteiger partial charge in [-0.2, -0.15) is 0 Å². The van der Waals surface area contributed by atoms with Crippen LogP contribution in [0.15, 0.2) is 46.2 Å². The Labute approximate surface area is 181 Å². The molecule has 31 heavy (non-hydrogen) atoms. The van der Waals surface area contributed by atoms with Crippen molar-refractivity contribution in [1.82, 2.24) is 13.8 Å². The van der Waals surface area contributed by atoms with Gasteiger partial charge in [0.1, 0.15) is 5.69 Å². The van der Waals surface area contributed by atoms with Crippen molar-refractivity contribution in [3.8, 4) is 0 Å². The van der Waals surface area contributed by atoms with E-state index in [1.165, 1.54) is 62.2 Å². The highest BCUT2D eigenvalue weighted by atomic mass is 32.2. The summed E-state index contributed by atoms with van der Waals surface area (Å²) >= 11 is 0. The van der Waals surface area contributed by atoms with Crippen LogP contribution >= 0.6 is 0 Å². The lowest BCUT2D eigenvalue weighted by atomic mass is 10.1. The van der Waals surface area contributed by atoms with E-state index in [2.05, 4.69) is 5.32 Å². The normalized spacial score (nSPS) is 14.5. The summed E-state index contributed by atoms with van der Waals surface area (Å²) in [4.78, 5) is 39.7. The van der Waals surface area contributed by atoms with Crippen LogP contribution in [0.3, 0.4) is 0 Å². The van der Waals surface area contributed by atoms with Crippen molar-refractivity contribution >= 4 is 27.5 Å². The second-order valence-corrected chi connectivity index (χ2v) is 9.83. The molecular weight excluding hydrogens is 420 g/mol.